The van der Waals surface area contributed by atoms with Gasteiger partial charge in [-0.05, 0) is 49.4 Å². The summed E-state index contributed by atoms with van der Waals surface area (Å²) in [6.07, 6.45) is 3.34. The molecule has 2 aliphatic rings. The maximum Gasteiger partial charge on any atom is 0.336 e. The van der Waals surface area contributed by atoms with Gasteiger partial charge in [-0.25, -0.2) is 4.79 Å². The molecule has 2 aromatic rings. The summed E-state index contributed by atoms with van der Waals surface area (Å²) in [6.45, 7) is 3.78. The molecule has 2 fully saturated rings. The molecule has 1 aromatic heterocycles. The molecule has 0 atom stereocenters. The predicted molar refractivity (Wildman–Crippen MR) is 101 cm³/mol. The van der Waals surface area contributed by atoms with E-state index in [1.165, 1.54) is 12.5 Å². The molecule has 26 heavy (non-hydrogen) atoms. The summed E-state index contributed by atoms with van der Waals surface area (Å²) in [5.74, 6) is 0.541. The van der Waals surface area contributed by atoms with Crippen molar-refractivity contribution < 1.29 is 13.9 Å². The number of carbonyl (C=O) groups is 1. The highest BCUT2D eigenvalue weighted by molar-refractivity contribution is 5.85. The lowest BCUT2D eigenvalue weighted by Gasteiger charge is -2.38. The van der Waals surface area contributed by atoms with Crippen LogP contribution in [0.15, 0.2) is 39.5 Å². The van der Waals surface area contributed by atoms with Crippen LogP contribution >= 0.6 is 12.4 Å². The Morgan fingerprint density at radius 2 is 1.96 bits per heavy atom. The molecule has 2 saturated heterocycles. The Hall–Kier alpha value is -2.05. The smallest absolute Gasteiger partial charge is 0.336 e. The molecule has 4 rings (SSSR count). The first-order valence-electron chi connectivity index (χ1n) is 8.79. The first-order valence-corrected chi connectivity index (χ1v) is 8.79. The Morgan fingerprint density at radius 3 is 2.69 bits per heavy atom. The van der Waals surface area contributed by atoms with Gasteiger partial charge in [0.25, 0.3) is 5.91 Å². The predicted octanol–water partition coefficient (Wildman–Crippen LogP) is 2.20. The zero-order chi connectivity index (χ0) is 17.3. The van der Waals surface area contributed by atoms with Crippen molar-refractivity contribution in [3.05, 3.63) is 40.8 Å². The number of nitrogens with one attached hydrogen (secondary N) is 1. The third-order valence-electron chi connectivity index (χ3n) is 5.47. The van der Waals surface area contributed by atoms with E-state index in [2.05, 4.69) is 5.32 Å². The van der Waals surface area contributed by atoms with Crippen LogP contribution in [0.3, 0.4) is 0 Å². The highest BCUT2D eigenvalue weighted by Gasteiger charge is 2.37. The standard InChI is InChI=1S/C19H22N2O4.ClH/c22-17(21-9-6-19(7-10-21)5-8-20-13-19)12-24-15-3-1-14-2-4-18(23)25-16(14)11-15;/h1-4,11,20H,5-10,12-13H2;1H. The number of halogens is 1. The van der Waals surface area contributed by atoms with E-state index in [0.29, 0.717) is 16.7 Å². The molecule has 6 nitrogen and oxygen atoms in total. The summed E-state index contributed by atoms with van der Waals surface area (Å²) in [5.41, 5.74) is 0.462. The van der Waals surface area contributed by atoms with Crippen LogP contribution in [0.1, 0.15) is 19.3 Å². The van der Waals surface area contributed by atoms with E-state index in [1.807, 2.05) is 11.0 Å². The first-order chi connectivity index (χ1) is 12.1. The van der Waals surface area contributed by atoms with Gasteiger partial charge in [-0.3, -0.25) is 4.79 Å². The molecule has 140 valence electrons. The van der Waals surface area contributed by atoms with Crippen molar-refractivity contribution in [1.29, 1.82) is 0 Å². The molecular weight excluding hydrogens is 356 g/mol. The summed E-state index contributed by atoms with van der Waals surface area (Å²) in [5, 5.41) is 4.26. The minimum absolute atomic E-state index is 0. The third kappa shape index (κ3) is 3.86. The van der Waals surface area contributed by atoms with E-state index in [1.54, 1.807) is 18.2 Å². The SMILES string of the molecule is Cl.O=C(COc1ccc2ccc(=O)oc2c1)N1CCC2(CCNC2)CC1. The number of hydrogen-bond donors (Lipinski definition) is 1. The number of benzene rings is 1. The van der Waals surface area contributed by atoms with Crippen LogP contribution in [-0.4, -0.2) is 43.6 Å². The summed E-state index contributed by atoms with van der Waals surface area (Å²) in [7, 11) is 0. The van der Waals surface area contributed by atoms with Crippen molar-refractivity contribution in [1.82, 2.24) is 10.2 Å². The molecule has 0 radical (unpaired) electrons. The molecule has 1 N–H and O–H groups in total. The highest BCUT2D eigenvalue weighted by atomic mass is 35.5. The topological polar surface area (TPSA) is 71.8 Å². The minimum atomic E-state index is -0.399. The Kier molecular flexibility index (Phi) is 5.53. The van der Waals surface area contributed by atoms with E-state index in [4.69, 9.17) is 9.15 Å². The first kappa shape index (κ1) is 18.7. The normalized spacial score (nSPS) is 18.7. The fourth-order valence-corrected chi connectivity index (χ4v) is 3.82. The van der Waals surface area contributed by atoms with Gasteiger partial charge in [0, 0.05) is 37.2 Å². The number of likely N-dealkylation sites (tertiary alicyclic amines) is 1. The molecule has 2 aliphatic heterocycles. The Bertz CT molecular complexity index is 835. The van der Waals surface area contributed by atoms with Gasteiger partial charge in [0.2, 0.25) is 0 Å². The van der Waals surface area contributed by atoms with Crippen LogP contribution in [0.4, 0.5) is 0 Å². The second kappa shape index (κ2) is 7.68. The van der Waals surface area contributed by atoms with Gasteiger partial charge in [-0.2, -0.15) is 0 Å². The maximum atomic E-state index is 12.4. The molecule has 0 aliphatic carbocycles. The van der Waals surface area contributed by atoms with Crippen molar-refractivity contribution in [2.24, 2.45) is 5.41 Å². The summed E-state index contributed by atoms with van der Waals surface area (Å²) in [6, 6.07) is 8.34. The van der Waals surface area contributed by atoms with Gasteiger partial charge >= 0.3 is 5.63 Å². The number of ether oxygens (including phenoxy) is 1. The molecule has 1 aromatic carbocycles. The number of fused-ring (bicyclic) bond motifs is 1. The summed E-state index contributed by atoms with van der Waals surface area (Å²) in [4.78, 5) is 25.6. The van der Waals surface area contributed by atoms with Crippen molar-refractivity contribution in [2.45, 2.75) is 19.3 Å². The van der Waals surface area contributed by atoms with Crippen LogP contribution in [0.2, 0.25) is 0 Å². The van der Waals surface area contributed by atoms with E-state index < -0.39 is 5.63 Å². The van der Waals surface area contributed by atoms with E-state index in [-0.39, 0.29) is 24.9 Å². The number of nitrogens with zero attached hydrogens (tertiary/aromatic N) is 1. The van der Waals surface area contributed by atoms with Gasteiger partial charge in [0.05, 0.1) is 0 Å². The molecule has 7 heteroatoms. The van der Waals surface area contributed by atoms with E-state index >= 15 is 0 Å². The summed E-state index contributed by atoms with van der Waals surface area (Å²) < 4.78 is 10.8. The number of hydrogen-bond acceptors (Lipinski definition) is 5. The lowest BCUT2D eigenvalue weighted by molar-refractivity contribution is -0.135. The molecule has 1 amide bonds. The van der Waals surface area contributed by atoms with Crippen LogP contribution in [0, 0.1) is 5.41 Å². The summed E-state index contributed by atoms with van der Waals surface area (Å²) >= 11 is 0. The zero-order valence-corrected chi connectivity index (χ0v) is 15.3. The average Bonchev–Trinajstić information content (AvgIpc) is 3.08. The monoisotopic (exact) mass is 378 g/mol. The molecule has 0 bridgehead atoms. The van der Waals surface area contributed by atoms with E-state index in [0.717, 1.165) is 44.4 Å². The van der Waals surface area contributed by atoms with Crippen molar-refractivity contribution in [3.8, 4) is 5.75 Å². The van der Waals surface area contributed by atoms with Crippen LogP contribution in [0.5, 0.6) is 5.75 Å². The molecule has 3 heterocycles. The average molecular weight is 379 g/mol. The molecule has 0 saturated carbocycles. The van der Waals surface area contributed by atoms with Gasteiger partial charge in [0.1, 0.15) is 11.3 Å². The van der Waals surface area contributed by atoms with Gasteiger partial charge in [0.15, 0.2) is 6.61 Å². The molecule has 1 spiro atoms. The lowest BCUT2D eigenvalue weighted by atomic mass is 9.78. The Labute approximate surface area is 157 Å². The number of amides is 1. The number of piperidine rings is 1. The van der Waals surface area contributed by atoms with Crippen LogP contribution < -0.4 is 15.7 Å². The van der Waals surface area contributed by atoms with Crippen molar-refractivity contribution in [3.63, 3.8) is 0 Å². The fraction of sp³-hybridized carbons (Fsp3) is 0.474. The van der Waals surface area contributed by atoms with Crippen LogP contribution in [-0.2, 0) is 4.79 Å². The Morgan fingerprint density at radius 1 is 1.19 bits per heavy atom. The second-order valence-electron chi connectivity index (χ2n) is 7.05. The maximum absolute atomic E-state index is 12.4. The highest BCUT2D eigenvalue weighted by Crippen LogP contribution is 2.36. The van der Waals surface area contributed by atoms with Crippen molar-refractivity contribution in [2.75, 3.05) is 32.8 Å². The van der Waals surface area contributed by atoms with E-state index in [9.17, 15) is 9.59 Å². The quantitative estimate of drug-likeness (QED) is 0.829. The fourth-order valence-electron chi connectivity index (χ4n) is 3.82. The van der Waals surface area contributed by atoms with Gasteiger partial charge < -0.3 is 19.4 Å². The second-order valence-corrected chi connectivity index (χ2v) is 7.05. The van der Waals surface area contributed by atoms with Crippen LogP contribution in [0.25, 0.3) is 11.0 Å². The molecular formula is C19H23ClN2O4. The Balaban J connectivity index is 0.00000196. The largest absolute Gasteiger partial charge is 0.484 e. The van der Waals surface area contributed by atoms with Gasteiger partial charge in [-0.1, -0.05) is 0 Å². The molecule has 0 unspecified atom stereocenters. The lowest BCUT2D eigenvalue weighted by Crippen LogP contribution is -2.45. The number of carbonyl (C=O) groups excluding carboxylic acids is 1. The number of rotatable bonds is 3. The third-order valence-corrected chi connectivity index (χ3v) is 5.47. The zero-order valence-electron chi connectivity index (χ0n) is 14.5. The van der Waals surface area contributed by atoms with Crippen molar-refractivity contribution >= 4 is 29.3 Å². The van der Waals surface area contributed by atoms with Gasteiger partial charge in [-0.15, -0.1) is 12.4 Å². The minimum Gasteiger partial charge on any atom is -0.484 e.